The first kappa shape index (κ1) is 19.1. The number of rotatable bonds is 5. The van der Waals surface area contributed by atoms with Crippen LogP contribution in [0.25, 0.3) is 17.2 Å². The molecule has 0 amide bonds. The summed E-state index contributed by atoms with van der Waals surface area (Å²) in [4.78, 5) is 12.9. The highest BCUT2D eigenvalue weighted by Crippen LogP contribution is 2.29. The molecule has 0 aliphatic rings. The Morgan fingerprint density at radius 2 is 2.11 bits per heavy atom. The van der Waals surface area contributed by atoms with Crippen molar-refractivity contribution in [2.45, 2.75) is 5.22 Å². The van der Waals surface area contributed by atoms with Crippen LogP contribution in [0.2, 0.25) is 0 Å². The Bertz CT molecular complexity index is 1170. The van der Waals surface area contributed by atoms with Crippen molar-refractivity contribution >= 4 is 35.7 Å². The highest BCUT2D eigenvalue weighted by molar-refractivity contribution is 7.79. The summed E-state index contributed by atoms with van der Waals surface area (Å²) >= 11 is 4.22. The van der Waals surface area contributed by atoms with E-state index in [4.69, 9.17) is 20.3 Å². The smallest absolute Gasteiger partial charge is 0.439 e. The van der Waals surface area contributed by atoms with E-state index in [1.54, 1.807) is 42.5 Å². The summed E-state index contributed by atoms with van der Waals surface area (Å²) in [6, 6.07) is 13.9. The average molecular weight is 391 g/mol. The molecule has 3 rings (SSSR count). The lowest BCUT2D eigenvalue weighted by Gasteiger charge is -2.09. The van der Waals surface area contributed by atoms with E-state index in [0.717, 1.165) is 0 Å². The minimum absolute atomic E-state index is 0.0861. The van der Waals surface area contributed by atoms with Crippen LogP contribution in [0.4, 0.5) is 0 Å². The summed E-state index contributed by atoms with van der Waals surface area (Å²) in [7, 11) is 1.49. The molecule has 6 nitrogen and oxygen atoms in total. The quantitative estimate of drug-likeness (QED) is 0.237. The number of benzene rings is 2. The van der Waals surface area contributed by atoms with Gasteiger partial charge in [-0.1, -0.05) is 28.7 Å². The molecule has 0 saturated carbocycles. The van der Waals surface area contributed by atoms with Crippen molar-refractivity contribution in [3.8, 4) is 29.9 Å². The van der Waals surface area contributed by atoms with Crippen molar-refractivity contribution in [3.63, 3.8) is 0 Å². The zero-order chi connectivity index (χ0) is 20.1. The van der Waals surface area contributed by atoms with Gasteiger partial charge in [0, 0.05) is 6.07 Å². The lowest BCUT2D eigenvalue weighted by molar-refractivity contribution is -0.594. The molecule has 7 heteroatoms. The zero-order valence-electron chi connectivity index (χ0n) is 14.9. The Balaban J connectivity index is 2.00. The first-order chi connectivity index (χ1) is 13.6. The first-order valence-electron chi connectivity index (χ1n) is 8.12. The van der Waals surface area contributed by atoms with E-state index in [0.29, 0.717) is 28.2 Å². The number of methoxy groups -OCH3 is 1. The standard InChI is InChI=1S/C21H14N2O4S/c1-3-10-26-18-9-8-14(12-19(18)25-2)11-15(13-22)20(24)23-16-6-4-5-7-17(16)27-21(23)28/h1,4-9,11-12H,10H2,2H3/p+1/b15-11+. The molecule has 0 fully saturated rings. The number of thiol groups is 1. The third kappa shape index (κ3) is 3.71. The predicted molar refractivity (Wildman–Crippen MR) is 105 cm³/mol. The molecule has 3 aromatic rings. The van der Waals surface area contributed by atoms with Gasteiger partial charge in [-0.2, -0.15) is 5.26 Å². The number of nitrogens with zero attached hydrogens (tertiary/aromatic N) is 2. The fourth-order valence-electron chi connectivity index (χ4n) is 2.61. The Labute approximate surface area is 167 Å². The molecule has 0 aliphatic carbocycles. The second kappa shape index (κ2) is 8.34. The van der Waals surface area contributed by atoms with Crippen LogP contribution in [0.15, 0.2) is 57.7 Å². The van der Waals surface area contributed by atoms with E-state index in [2.05, 4.69) is 18.5 Å². The Morgan fingerprint density at radius 1 is 1.32 bits per heavy atom. The first-order valence-corrected chi connectivity index (χ1v) is 8.57. The van der Waals surface area contributed by atoms with Gasteiger partial charge in [0.25, 0.3) is 5.52 Å². The van der Waals surface area contributed by atoms with Gasteiger partial charge in [0.15, 0.2) is 17.1 Å². The van der Waals surface area contributed by atoms with Crippen LogP contribution in [0.1, 0.15) is 10.4 Å². The van der Waals surface area contributed by atoms with Gasteiger partial charge in [0.05, 0.1) is 7.11 Å². The zero-order valence-corrected chi connectivity index (χ0v) is 15.8. The second-order valence-corrected chi connectivity index (χ2v) is 5.95. The topological polar surface area (TPSA) is 76.3 Å². The van der Waals surface area contributed by atoms with Crippen molar-refractivity contribution in [1.29, 1.82) is 5.26 Å². The number of hydrogen-bond acceptors (Lipinski definition) is 6. The lowest BCUT2D eigenvalue weighted by Crippen LogP contribution is -2.43. The Hall–Kier alpha value is -3.68. The number of nitriles is 1. The molecule has 1 heterocycles. The minimum Gasteiger partial charge on any atom is -0.493 e. The SMILES string of the molecule is C#CCOc1ccc(/C=C(\C#N)C(=O)[n+]2c(S)oc3ccccc32)cc1OC. The summed E-state index contributed by atoms with van der Waals surface area (Å²) in [5.74, 6) is 2.73. The highest BCUT2D eigenvalue weighted by atomic mass is 32.1. The molecule has 0 aliphatic heterocycles. The van der Waals surface area contributed by atoms with E-state index in [1.807, 2.05) is 6.07 Å². The highest BCUT2D eigenvalue weighted by Gasteiger charge is 2.30. The van der Waals surface area contributed by atoms with E-state index < -0.39 is 5.91 Å². The van der Waals surface area contributed by atoms with E-state index in [1.165, 1.54) is 17.8 Å². The van der Waals surface area contributed by atoms with E-state index in [9.17, 15) is 10.1 Å². The molecule has 0 radical (unpaired) electrons. The molecule has 138 valence electrons. The maximum atomic E-state index is 12.9. The number of terminal acetylenes is 1. The molecule has 0 N–H and O–H groups in total. The molecule has 0 atom stereocenters. The van der Waals surface area contributed by atoms with Crippen LogP contribution in [0, 0.1) is 23.7 Å². The van der Waals surface area contributed by atoms with Gasteiger partial charge in [-0.15, -0.1) is 6.42 Å². The van der Waals surface area contributed by atoms with Crippen molar-refractivity contribution in [2.75, 3.05) is 13.7 Å². The number of ether oxygens (including phenoxy) is 2. The Morgan fingerprint density at radius 3 is 2.82 bits per heavy atom. The number of fused-ring (bicyclic) bond motifs is 1. The number of allylic oxidation sites excluding steroid dienone is 1. The lowest BCUT2D eigenvalue weighted by atomic mass is 10.1. The third-order valence-corrected chi connectivity index (χ3v) is 4.15. The maximum Gasteiger partial charge on any atom is 0.439 e. The van der Waals surface area contributed by atoms with Crippen LogP contribution in [-0.4, -0.2) is 19.6 Å². The molecule has 0 spiro atoms. The molecular formula is C21H15N2O4S+. The number of carbonyl (C=O) groups is 1. The van der Waals surface area contributed by atoms with Crippen molar-refractivity contribution < 1.29 is 23.3 Å². The van der Waals surface area contributed by atoms with E-state index in [-0.39, 0.29) is 17.4 Å². The van der Waals surface area contributed by atoms with Crippen LogP contribution < -0.4 is 14.0 Å². The summed E-state index contributed by atoms with van der Waals surface area (Å²) in [5, 5.41) is 9.62. The van der Waals surface area contributed by atoms with Crippen molar-refractivity contribution in [2.24, 2.45) is 0 Å². The minimum atomic E-state index is -0.552. The van der Waals surface area contributed by atoms with Crippen LogP contribution in [-0.2, 0) is 0 Å². The van der Waals surface area contributed by atoms with Crippen molar-refractivity contribution in [1.82, 2.24) is 0 Å². The molecule has 0 saturated heterocycles. The monoisotopic (exact) mass is 391 g/mol. The third-order valence-electron chi connectivity index (χ3n) is 3.86. The van der Waals surface area contributed by atoms with Crippen LogP contribution in [0.5, 0.6) is 11.5 Å². The van der Waals surface area contributed by atoms with Gasteiger partial charge in [-0.3, -0.25) is 0 Å². The molecular weight excluding hydrogens is 376 g/mol. The number of oxazole rings is 1. The summed E-state index contributed by atoms with van der Waals surface area (Å²) in [6.07, 6.45) is 6.65. The summed E-state index contributed by atoms with van der Waals surface area (Å²) < 4.78 is 17.4. The van der Waals surface area contributed by atoms with Gasteiger partial charge in [-0.05, 0) is 42.5 Å². The van der Waals surface area contributed by atoms with Gasteiger partial charge < -0.3 is 13.9 Å². The molecule has 0 unspecified atom stereocenters. The molecule has 28 heavy (non-hydrogen) atoms. The molecule has 1 aromatic heterocycles. The van der Waals surface area contributed by atoms with Gasteiger partial charge >= 0.3 is 11.1 Å². The van der Waals surface area contributed by atoms with E-state index >= 15 is 0 Å². The number of aromatic nitrogens is 1. The number of carbonyl (C=O) groups excluding carboxylic acids is 1. The molecule has 2 aromatic carbocycles. The normalized spacial score (nSPS) is 10.9. The fraction of sp³-hybridized carbons (Fsp3) is 0.0952. The summed E-state index contributed by atoms with van der Waals surface area (Å²) in [5.41, 5.74) is 1.51. The average Bonchev–Trinajstić information content (AvgIpc) is 3.05. The van der Waals surface area contributed by atoms with Gasteiger partial charge in [0.1, 0.15) is 12.7 Å². The van der Waals surface area contributed by atoms with Gasteiger partial charge in [-0.25, -0.2) is 4.79 Å². The Kier molecular flexibility index (Phi) is 5.69. The van der Waals surface area contributed by atoms with Gasteiger partial charge in [0.2, 0.25) is 5.58 Å². The van der Waals surface area contributed by atoms with Crippen LogP contribution >= 0.6 is 12.6 Å². The predicted octanol–water partition coefficient (Wildman–Crippen LogP) is 3.28. The van der Waals surface area contributed by atoms with Crippen molar-refractivity contribution in [3.05, 3.63) is 53.6 Å². The number of para-hydroxylation sites is 2. The summed E-state index contributed by atoms with van der Waals surface area (Å²) in [6.45, 7) is 0.0996. The molecule has 0 bridgehead atoms. The number of hydrogen-bond donors (Lipinski definition) is 1. The second-order valence-electron chi connectivity index (χ2n) is 5.57. The fourth-order valence-corrected chi connectivity index (χ4v) is 2.91. The largest absolute Gasteiger partial charge is 0.493 e. The van der Waals surface area contributed by atoms with Crippen LogP contribution in [0.3, 0.4) is 0 Å². The maximum absolute atomic E-state index is 12.9.